The standard InChI is InChI=1S/C34H52Si2.2CH3.2ClH.Zr/c1-6-7-14-26-21-22-28(25-26)35(2,3)36(4,5)34-24-23-32-31(19-13-20-33(32)34)30-18-12-11-17-29(30)27-15-9-8-10-16-27;;;;;/h8-12,15-18,26,28,31-34H,6-7,13-14,19-25H2,1-5H3;2*1H3;2*1H;/q;2*-1;;;+4/p-2. The Kier molecular flexibility index (Phi) is 15.7. The monoisotopic (exact) mass is 706 g/mol. The van der Waals surface area contributed by atoms with E-state index in [-0.39, 0.29) is 14.9 Å². The summed E-state index contributed by atoms with van der Waals surface area (Å²) in [5.41, 5.74) is 6.75. The predicted molar refractivity (Wildman–Crippen MR) is 189 cm³/mol. The van der Waals surface area contributed by atoms with Gasteiger partial charge in [-0.2, -0.15) is 0 Å². The van der Waals surface area contributed by atoms with Crippen molar-refractivity contribution in [3.05, 3.63) is 75.0 Å². The first kappa shape index (κ1) is 37.5. The zero-order valence-electron chi connectivity index (χ0n) is 27.2. The molecule has 0 nitrogen and oxygen atoms in total. The molecule has 228 valence electrons. The van der Waals surface area contributed by atoms with Gasteiger partial charge < -0.3 is 14.9 Å². The van der Waals surface area contributed by atoms with Crippen molar-refractivity contribution in [1.29, 1.82) is 0 Å². The van der Waals surface area contributed by atoms with Crippen LogP contribution >= 0.6 is 17.0 Å². The van der Waals surface area contributed by atoms with Crippen LogP contribution in [0.5, 0.6) is 0 Å². The summed E-state index contributed by atoms with van der Waals surface area (Å²) in [6.45, 7) is 13.9. The zero-order valence-corrected chi connectivity index (χ0v) is 33.2. The summed E-state index contributed by atoms with van der Waals surface area (Å²) in [6.07, 6.45) is 16.4. The summed E-state index contributed by atoms with van der Waals surface area (Å²) in [7, 11) is 7.32. The Morgan fingerprint density at radius 1 is 0.756 bits per heavy atom. The van der Waals surface area contributed by atoms with E-state index in [0.717, 1.165) is 34.8 Å². The van der Waals surface area contributed by atoms with Crippen molar-refractivity contribution in [3.63, 3.8) is 0 Å². The average Bonchev–Trinajstić information content (AvgIpc) is 3.61. The Balaban J connectivity index is 0.00000113. The van der Waals surface area contributed by atoms with Crippen LogP contribution in [-0.4, -0.2) is 15.2 Å². The van der Waals surface area contributed by atoms with Crippen molar-refractivity contribution in [1.82, 2.24) is 0 Å². The van der Waals surface area contributed by atoms with Crippen molar-refractivity contribution in [2.24, 2.45) is 17.8 Å². The Labute approximate surface area is 275 Å². The fourth-order valence-electron chi connectivity index (χ4n) is 9.27. The third-order valence-corrected chi connectivity index (χ3v) is 32.8. The number of hydrogen-bond donors (Lipinski definition) is 0. The molecular weight excluding hydrogens is 651 g/mol. The van der Waals surface area contributed by atoms with Gasteiger partial charge in [0.25, 0.3) is 0 Å². The Bertz CT molecular complexity index is 1030. The van der Waals surface area contributed by atoms with Gasteiger partial charge in [0, 0.05) is 15.2 Å². The number of hydrogen-bond acceptors (Lipinski definition) is 0. The number of halogens is 2. The van der Waals surface area contributed by atoms with Crippen LogP contribution in [0.25, 0.3) is 11.1 Å². The Morgan fingerprint density at radius 3 is 2.10 bits per heavy atom. The van der Waals surface area contributed by atoms with E-state index < -0.39 is 36.0 Å². The SMILES string of the molecule is CCCCC1CCC([Si](C)(C)[Si](C)(C)C2CCC3C(c4ccccc4-c4ccccc4)CCCC32)C1.[CH3-].[CH3-].[Cl][Zr+2][Cl]. The van der Waals surface area contributed by atoms with Crippen LogP contribution in [0.15, 0.2) is 54.6 Å². The molecule has 0 aliphatic heterocycles. The van der Waals surface area contributed by atoms with Crippen LogP contribution in [0.3, 0.4) is 0 Å². The molecule has 5 rings (SSSR count). The van der Waals surface area contributed by atoms with E-state index >= 15 is 0 Å². The van der Waals surface area contributed by atoms with Gasteiger partial charge in [0.15, 0.2) is 0 Å². The summed E-state index contributed by atoms with van der Waals surface area (Å²) in [6, 6.07) is 20.6. The second-order valence-electron chi connectivity index (χ2n) is 14.0. The molecule has 0 aromatic heterocycles. The van der Waals surface area contributed by atoms with Crippen LogP contribution in [0.2, 0.25) is 37.3 Å². The normalized spacial score (nSPS) is 27.4. The number of unbranched alkanes of at least 4 members (excludes halogenated alkanes) is 1. The van der Waals surface area contributed by atoms with E-state index in [4.69, 9.17) is 17.0 Å². The summed E-state index contributed by atoms with van der Waals surface area (Å²) in [5.74, 6) is 3.74. The first-order valence-corrected chi connectivity index (χ1v) is 29.3. The van der Waals surface area contributed by atoms with E-state index in [2.05, 4.69) is 87.7 Å². The molecule has 6 unspecified atom stereocenters. The second-order valence-corrected chi connectivity index (χ2v) is 33.9. The van der Waals surface area contributed by atoms with Crippen LogP contribution in [0, 0.1) is 32.6 Å². The van der Waals surface area contributed by atoms with Gasteiger partial charge in [0.1, 0.15) is 0 Å². The Hall–Kier alpha value is 0.337. The Morgan fingerprint density at radius 2 is 1.41 bits per heavy atom. The molecule has 0 bridgehead atoms. The molecule has 0 spiro atoms. The average molecular weight is 709 g/mol. The van der Waals surface area contributed by atoms with Crippen molar-refractivity contribution in [3.8, 4) is 11.1 Å². The fourth-order valence-corrected chi connectivity index (χ4v) is 23.4. The molecule has 41 heavy (non-hydrogen) atoms. The van der Waals surface area contributed by atoms with Crippen molar-refractivity contribution < 1.29 is 20.8 Å². The molecular formula is C36H58Cl2Si2Zr. The minimum atomic E-state index is -1.30. The summed E-state index contributed by atoms with van der Waals surface area (Å²) >= 11 is -0.826. The molecule has 3 aliphatic rings. The van der Waals surface area contributed by atoms with E-state index in [9.17, 15) is 0 Å². The molecule has 3 saturated carbocycles. The molecule has 0 amide bonds. The van der Waals surface area contributed by atoms with Crippen LogP contribution < -0.4 is 0 Å². The van der Waals surface area contributed by atoms with Gasteiger partial charge in [0.2, 0.25) is 0 Å². The summed E-state index contributed by atoms with van der Waals surface area (Å²) in [5, 5.41) is 0. The first-order valence-electron chi connectivity index (χ1n) is 15.9. The van der Waals surface area contributed by atoms with Gasteiger partial charge >= 0.3 is 37.9 Å². The molecule has 5 heteroatoms. The molecule has 0 heterocycles. The van der Waals surface area contributed by atoms with Gasteiger partial charge in [-0.05, 0) is 64.3 Å². The van der Waals surface area contributed by atoms with Crippen molar-refractivity contribution >= 4 is 32.2 Å². The minimum absolute atomic E-state index is 0. The zero-order chi connectivity index (χ0) is 28.0. The molecule has 0 saturated heterocycles. The van der Waals surface area contributed by atoms with E-state index in [0.29, 0.717) is 0 Å². The second kappa shape index (κ2) is 17.1. The quantitative estimate of drug-likeness (QED) is 0.189. The van der Waals surface area contributed by atoms with Crippen LogP contribution in [-0.2, 0) is 20.8 Å². The third-order valence-electron chi connectivity index (χ3n) is 12.0. The van der Waals surface area contributed by atoms with E-state index in [1.807, 2.05) is 0 Å². The van der Waals surface area contributed by atoms with Gasteiger partial charge in [-0.1, -0.05) is 145 Å². The van der Waals surface area contributed by atoms with Crippen molar-refractivity contribution in [2.45, 2.75) is 121 Å². The van der Waals surface area contributed by atoms with Gasteiger partial charge in [0.05, 0.1) is 0 Å². The van der Waals surface area contributed by atoms with Gasteiger partial charge in [-0.3, -0.25) is 0 Å². The maximum atomic E-state index is 4.93. The molecule has 2 aromatic carbocycles. The number of fused-ring (bicyclic) bond motifs is 1. The van der Waals surface area contributed by atoms with Gasteiger partial charge in [-0.15, -0.1) is 0 Å². The first-order chi connectivity index (χ1) is 18.8. The fraction of sp³-hybridized carbons (Fsp3) is 0.611. The van der Waals surface area contributed by atoms with Crippen LogP contribution in [0.4, 0.5) is 0 Å². The van der Waals surface area contributed by atoms with E-state index in [1.54, 1.807) is 31.2 Å². The summed E-state index contributed by atoms with van der Waals surface area (Å²) < 4.78 is 0. The van der Waals surface area contributed by atoms with Crippen molar-refractivity contribution in [2.75, 3.05) is 0 Å². The number of rotatable bonds is 8. The maximum absolute atomic E-state index is 4.93. The molecule has 0 radical (unpaired) electrons. The predicted octanol–water partition coefficient (Wildman–Crippen LogP) is 13.2. The number of benzene rings is 2. The van der Waals surface area contributed by atoms with Crippen LogP contribution in [0.1, 0.15) is 89.0 Å². The molecule has 2 aromatic rings. The van der Waals surface area contributed by atoms with E-state index in [1.165, 1.54) is 56.1 Å². The summed E-state index contributed by atoms with van der Waals surface area (Å²) in [4.78, 5) is 0. The topological polar surface area (TPSA) is 0 Å². The molecule has 6 atom stereocenters. The molecule has 0 N–H and O–H groups in total. The van der Waals surface area contributed by atoms with Gasteiger partial charge in [-0.25, -0.2) is 0 Å². The third kappa shape index (κ3) is 8.33. The molecule has 3 aliphatic carbocycles. The molecule has 3 fully saturated rings.